The first-order valence-electron chi connectivity index (χ1n) is 5.08. The van der Waals surface area contributed by atoms with Crippen LogP contribution in [0.5, 0.6) is 0 Å². The number of benzene rings is 1. The monoisotopic (exact) mass is 306 g/mol. The minimum Gasteiger partial charge on any atom is -0.344 e. The lowest BCUT2D eigenvalue weighted by Gasteiger charge is -2.16. The molecule has 0 aliphatic rings. The summed E-state index contributed by atoms with van der Waals surface area (Å²) < 4.78 is 0. The van der Waals surface area contributed by atoms with E-state index < -0.39 is 11.9 Å². The molecule has 0 radical (unpaired) electrons. The van der Waals surface area contributed by atoms with Crippen LogP contribution in [0, 0.1) is 0 Å². The fourth-order valence-corrected chi connectivity index (χ4v) is 2.02. The Morgan fingerprint density at radius 3 is 2.33 bits per heavy atom. The van der Waals surface area contributed by atoms with Crippen molar-refractivity contribution in [2.24, 2.45) is 0 Å². The molecule has 4 nitrogen and oxygen atoms in total. The lowest BCUT2D eigenvalue weighted by atomic mass is 10.2. The third-order valence-electron chi connectivity index (χ3n) is 2.09. The minimum atomic E-state index is -0.738. The molecular weight excluding hydrogens is 295 g/mol. The van der Waals surface area contributed by atoms with E-state index in [1.165, 1.54) is 6.92 Å². The van der Waals surface area contributed by atoms with Crippen LogP contribution in [0.4, 0.5) is 5.69 Å². The van der Waals surface area contributed by atoms with Crippen molar-refractivity contribution >= 4 is 53.3 Å². The number of hydrogen-bond acceptors (Lipinski definition) is 3. The Balaban J connectivity index is 2.83. The highest BCUT2D eigenvalue weighted by atomic mass is 35.5. The SMILES string of the molecule is CC(=O)NC(CS)C(=O)Nc1c(Cl)cccc1Cl. The van der Waals surface area contributed by atoms with E-state index in [0.29, 0.717) is 15.7 Å². The molecule has 18 heavy (non-hydrogen) atoms. The summed E-state index contributed by atoms with van der Waals surface area (Å²) in [7, 11) is 0. The van der Waals surface area contributed by atoms with Gasteiger partial charge in [-0.3, -0.25) is 9.59 Å². The average molecular weight is 307 g/mol. The average Bonchev–Trinajstić information content (AvgIpc) is 2.30. The highest BCUT2D eigenvalue weighted by molar-refractivity contribution is 7.80. The molecule has 0 heterocycles. The molecule has 7 heteroatoms. The van der Waals surface area contributed by atoms with Gasteiger partial charge in [0.05, 0.1) is 15.7 Å². The maximum atomic E-state index is 11.9. The molecule has 1 aromatic rings. The Labute approximate surface area is 120 Å². The maximum Gasteiger partial charge on any atom is 0.247 e. The molecule has 0 spiro atoms. The number of hydrogen-bond donors (Lipinski definition) is 3. The van der Waals surface area contributed by atoms with Gasteiger partial charge >= 0.3 is 0 Å². The number of nitrogens with one attached hydrogen (secondary N) is 2. The molecule has 0 aliphatic carbocycles. The second kappa shape index (κ2) is 6.87. The molecule has 98 valence electrons. The van der Waals surface area contributed by atoms with Gasteiger partial charge in [0, 0.05) is 12.7 Å². The zero-order valence-electron chi connectivity index (χ0n) is 9.54. The van der Waals surface area contributed by atoms with E-state index in [0.717, 1.165) is 0 Å². The van der Waals surface area contributed by atoms with Crippen molar-refractivity contribution in [1.29, 1.82) is 0 Å². The third-order valence-corrected chi connectivity index (χ3v) is 3.08. The number of thiol groups is 1. The van der Waals surface area contributed by atoms with Crippen molar-refractivity contribution < 1.29 is 9.59 Å². The van der Waals surface area contributed by atoms with E-state index in [1.807, 2.05) is 0 Å². The third kappa shape index (κ3) is 4.08. The second-order valence-corrected chi connectivity index (χ2v) is 4.70. The quantitative estimate of drug-likeness (QED) is 0.748. The van der Waals surface area contributed by atoms with Crippen LogP contribution in [0.3, 0.4) is 0 Å². The van der Waals surface area contributed by atoms with Crippen molar-refractivity contribution in [3.05, 3.63) is 28.2 Å². The van der Waals surface area contributed by atoms with E-state index in [4.69, 9.17) is 23.2 Å². The Morgan fingerprint density at radius 2 is 1.89 bits per heavy atom. The van der Waals surface area contributed by atoms with Gasteiger partial charge in [0.25, 0.3) is 0 Å². The normalized spacial score (nSPS) is 11.8. The molecule has 1 atom stereocenters. The Bertz CT molecular complexity index is 448. The standard InChI is InChI=1S/C11H12Cl2N2O2S/c1-6(16)14-9(5-18)11(17)15-10-7(12)3-2-4-8(10)13/h2-4,9,18H,5H2,1H3,(H,14,16)(H,15,17). The topological polar surface area (TPSA) is 58.2 Å². The van der Waals surface area contributed by atoms with Gasteiger partial charge in [0.2, 0.25) is 11.8 Å². The highest BCUT2D eigenvalue weighted by Gasteiger charge is 2.19. The summed E-state index contributed by atoms with van der Waals surface area (Å²) in [6.07, 6.45) is 0. The largest absolute Gasteiger partial charge is 0.344 e. The van der Waals surface area contributed by atoms with Crippen molar-refractivity contribution in [3.63, 3.8) is 0 Å². The summed E-state index contributed by atoms with van der Waals surface area (Å²) in [5.74, 6) is -0.558. The van der Waals surface area contributed by atoms with E-state index in [-0.39, 0.29) is 11.7 Å². The van der Waals surface area contributed by atoms with Gasteiger partial charge in [-0.2, -0.15) is 12.6 Å². The van der Waals surface area contributed by atoms with Crippen molar-refractivity contribution in [2.45, 2.75) is 13.0 Å². The van der Waals surface area contributed by atoms with Crippen LogP contribution in [-0.4, -0.2) is 23.6 Å². The molecular formula is C11H12Cl2N2O2S. The summed E-state index contributed by atoms with van der Waals surface area (Å²) >= 11 is 15.8. The van der Waals surface area contributed by atoms with Crippen LogP contribution in [0.25, 0.3) is 0 Å². The van der Waals surface area contributed by atoms with Crippen molar-refractivity contribution in [1.82, 2.24) is 5.32 Å². The number of rotatable bonds is 4. The lowest BCUT2D eigenvalue weighted by molar-refractivity contribution is -0.124. The van der Waals surface area contributed by atoms with E-state index >= 15 is 0 Å². The number of amides is 2. The molecule has 0 aliphatic heterocycles. The molecule has 0 saturated carbocycles. The number of carbonyl (C=O) groups is 2. The van der Waals surface area contributed by atoms with Crippen LogP contribution in [0.2, 0.25) is 10.0 Å². The number of para-hydroxylation sites is 1. The van der Waals surface area contributed by atoms with Gasteiger partial charge < -0.3 is 10.6 Å². The van der Waals surface area contributed by atoms with Gasteiger partial charge in [0.1, 0.15) is 6.04 Å². The Kier molecular flexibility index (Phi) is 5.78. The summed E-state index contributed by atoms with van der Waals surface area (Å²) in [6.45, 7) is 1.33. The first kappa shape index (κ1) is 15.1. The fraction of sp³-hybridized carbons (Fsp3) is 0.273. The Hall–Kier alpha value is -0.910. The van der Waals surface area contributed by atoms with E-state index in [2.05, 4.69) is 23.3 Å². The van der Waals surface area contributed by atoms with Crippen LogP contribution < -0.4 is 10.6 Å². The predicted octanol–water partition coefficient (Wildman–Crippen LogP) is 2.37. The van der Waals surface area contributed by atoms with Gasteiger partial charge in [-0.05, 0) is 12.1 Å². The molecule has 0 saturated heterocycles. The molecule has 1 aromatic carbocycles. The highest BCUT2D eigenvalue weighted by Crippen LogP contribution is 2.29. The summed E-state index contributed by atoms with van der Waals surface area (Å²) in [4.78, 5) is 22.8. The van der Waals surface area contributed by atoms with Crippen LogP contribution in [-0.2, 0) is 9.59 Å². The van der Waals surface area contributed by atoms with Crippen molar-refractivity contribution in [2.75, 3.05) is 11.1 Å². The zero-order valence-corrected chi connectivity index (χ0v) is 11.9. The smallest absolute Gasteiger partial charge is 0.247 e. The Morgan fingerprint density at radius 1 is 1.33 bits per heavy atom. The van der Waals surface area contributed by atoms with Gasteiger partial charge in [-0.15, -0.1) is 0 Å². The fourth-order valence-electron chi connectivity index (χ4n) is 1.27. The summed E-state index contributed by atoms with van der Waals surface area (Å²) in [6, 6.07) is 4.15. The molecule has 2 N–H and O–H groups in total. The lowest BCUT2D eigenvalue weighted by Crippen LogP contribution is -2.44. The molecule has 2 amide bonds. The van der Waals surface area contributed by atoms with Crippen molar-refractivity contribution in [3.8, 4) is 0 Å². The number of carbonyl (C=O) groups excluding carboxylic acids is 2. The second-order valence-electron chi connectivity index (χ2n) is 3.52. The minimum absolute atomic E-state index is 0.174. The predicted molar refractivity (Wildman–Crippen MR) is 76.5 cm³/mol. The molecule has 1 unspecified atom stereocenters. The zero-order chi connectivity index (χ0) is 13.7. The van der Waals surface area contributed by atoms with Gasteiger partial charge in [-0.1, -0.05) is 29.3 Å². The molecule has 0 aromatic heterocycles. The molecule has 0 fully saturated rings. The first-order chi connectivity index (χ1) is 8.45. The van der Waals surface area contributed by atoms with Crippen LogP contribution in [0.1, 0.15) is 6.92 Å². The maximum absolute atomic E-state index is 11.9. The van der Waals surface area contributed by atoms with Gasteiger partial charge in [-0.25, -0.2) is 0 Å². The van der Waals surface area contributed by atoms with Crippen LogP contribution in [0.15, 0.2) is 18.2 Å². The summed E-state index contributed by atoms with van der Waals surface area (Å²) in [5.41, 5.74) is 0.322. The number of halogens is 2. The molecule has 1 rings (SSSR count). The number of anilines is 1. The van der Waals surface area contributed by atoms with E-state index in [1.54, 1.807) is 18.2 Å². The summed E-state index contributed by atoms with van der Waals surface area (Å²) in [5, 5.41) is 5.70. The van der Waals surface area contributed by atoms with Crippen LogP contribution >= 0.6 is 35.8 Å². The van der Waals surface area contributed by atoms with E-state index in [9.17, 15) is 9.59 Å². The molecule has 0 bridgehead atoms. The van der Waals surface area contributed by atoms with Gasteiger partial charge in [0.15, 0.2) is 0 Å². The first-order valence-corrected chi connectivity index (χ1v) is 6.47.